The first-order valence-corrected chi connectivity index (χ1v) is 12.1. The molecule has 168 valence electrons. The van der Waals surface area contributed by atoms with E-state index in [0.717, 1.165) is 23.5 Å². The lowest BCUT2D eigenvalue weighted by molar-refractivity contribution is -0.114. The van der Waals surface area contributed by atoms with Crippen LogP contribution in [0, 0.1) is 0 Å². The minimum absolute atomic E-state index is 0.0585. The third-order valence-corrected chi connectivity index (χ3v) is 6.87. The van der Waals surface area contributed by atoms with E-state index in [1.54, 1.807) is 0 Å². The van der Waals surface area contributed by atoms with Gasteiger partial charge in [0, 0.05) is 19.0 Å². The summed E-state index contributed by atoms with van der Waals surface area (Å²) in [4.78, 5) is 11.4. The molecule has 1 aliphatic carbocycles. The Morgan fingerprint density at radius 3 is 2.18 bits per heavy atom. The van der Waals surface area contributed by atoms with Gasteiger partial charge in [0.25, 0.3) is 0 Å². The van der Waals surface area contributed by atoms with Gasteiger partial charge in [-0.3, -0.25) is 9.80 Å². The van der Waals surface area contributed by atoms with E-state index < -0.39 is 0 Å². The van der Waals surface area contributed by atoms with Crippen LogP contribution in [0.3, 0.4) is 0 Å². The molecule has 3 aromatic rings. The Balaban J connectivity index is 1.41. The van der Waals surface area contributed by atoms with Crippen molar-refractivity contribution in [1.82, 2.24) is 0 Å². The highest BCUT2D eigenvalue weighted by molar-refractivity contribution is 6.03. The monoisotopic (exact) mass is 437 g/mol. The molecule has 33 heavy (non-hydrogen) atoms. The molecule has 4 heteroatoms. The number of nitrogens with zero attached hydrogens (tertiary/aromatic N) is 2. The van der Waals surface area contributed by atoms with Crippen molar-refractivity contribution in [2.45, 2.75) is 57.4 Å². The quantitative estimate of drug-likeness (QED) is 0.465. The molecule has 1 N–H and O–H groups in total. The fourth-order valence-corrected chi connectivity index (χ4v) is 5.14. The molecule has 1 heterocycles. The molecule has 2 aliphatic rings. The zero-order chi connectivity index (χ0) is 22.6. The Kier molecular flexibility index (Phi) is 6.25. The van der Waals surface area contributed by atoms with Gasteiger partial charge < -0.3 is 5.32 Å². The molecule has 1 amide bonds. The maximum absolute atomic E-state index is 11.4. The van der Waals surface area contributed by atoms with Crippen LogP contribution in [0.15, 0.2) is 84.0 Å². The van der Waals surface area contributed by atoms with Gasteiger partial charge in [-0.05, 0) is 59.7 Å². The second kappa shape index (κ2) is 9.62. The molecular weight excluding hydrogens is 406 g/mol. The first-order valence-electron chi connectivity index (χ1n) is 12.1. The molecule has 3 aromatic carbocycles. The lowest BCUT2D eigenvalue weighted by Gasteiger charge is -2.24. The standard InChI is InChI=1S/C29H31N3O/c1-21(33)30-26-18-16-25(17-19-26)29-20-28(31-32(29)27-10-6-3-7-11-27)24-14-12-23(13-15-24)22-8-4-2-5-9-22/h3,6-7,10-19,22,29H,2,4-5,8-9,20H2,1H3,(H,30,33). The highest BCUT2D eigenvalue weighted by atomic mass is 16.1. The first kappa shape index (κ1) is 21.4. The number of anilines is 2. The number of hydrogen-bond acceptors (Lipinski definition) is 3. The summed E-state index contributed by atoms with van der Waals surface area (Å²) >= 11 is 0. The van der Waals surface area contributed by atoms with Crippen LogP contribution >= 0.6 is 0 Å². The average molecular weight is 438 g/mol. The summed E-state index contributed by atoms with van der Waals surface area (Å²) in [6, 6.07) is 27.7. The molecule has 1 aliphatic heterocycles. The van der Waals surface area contributed by atoms with Crippen LogP contribution in [0.2, 0.25) is 0 Å². The molecule has 0 radical (unpaired) electrons. The number of nitrogens with one attached hydrogen (secondary N) is 1. The van der Waals surface area contributed by atoms with E-state index in [9.17, 15) is 4.79 Å². The van der Waals surface area contributed by atoms with E-state index in [2.05, 4.69) is 71.0 Å². The Morgan fingerprint density at radius 2 is 1.52 bits per heavy atom. The lowest BCUT2D eigenvalue weighted by Crippen LogP contribution is -2.18. The molecule has 5 rings (SSSR count). The predicted molar refractivity (Wildman–Crippen MR) is 136 cm³/mol. The molecule has 1 saturated carbocycles. The van der Waals surface area contributed by atoms with E-state index in [1.807, 2.05) is 18.2 Å². The summed E-state index contributed by atoms with van der Waals surface area (Å²) in [5.74, 6) is 0.658. The van der Waals surface area contributed by atoms with E-state index in [4.69, 9.17) is 5.10 Å². The third-order valence-electron chi connectivity index (χ3n) is 6.87. The normalized spacial score (nSPS) is 18.8. The highest BCUT2D eigenvalue weighted by Crippen LogP contribution is 2.38. The Hall–Kier alpha value is -3.40. The van der Waals surface area contributed by atoms with Crippen molar-refractivity contribution in [2.75, 3.05) is 10.3 Å². The second-order valence-electron chi connectivity index (χ2n) is 9.21. The molecule has 0 saturated heterocycles. The molecule has 0 spiro atoms. The van der Waals surface area contributed by atoms with Crippen molar-refractivity contribution in [3.8, 4) is 0 Å². The summed E-state index contributed by atoms with van der Waals surface area (Å²) in [7, 11) is 0. The molecule has 1 atom stereocenters. The van der Waals surface area contributed by atoms with Crippen LogP contribution in [0.4, 0.5) is 11.4 Å². The molecular formula is C29H31N3O. The van der Waals surface area contributed by atoms with Crippen LogP contribution in [0.1, 0.15) is 74.1 Å². The maximum atomic E-state index is 11.4. The van der Waals surface area contributed by atoms with Gasteiger partial charge in [-0.25, -0.2) is 0 Å². The molecule has 0 aromatic heterocycles. The van der Waals surface area contributed by atoms with Crippen molar-refractivity contribution in [3.63, 3.8) is 0 Å². The third kappa shape index (κ3) is 4.85. The SMILES string of the molecule is CC(=O)Nc1ccc(C2CC(c3ccc(C4CCCCC4)cc3)=NN2c2ccccc2)cc1. The number of hydrazone groups is 1. The minimum Gasteiger partial charge on any atom is -0.326 e. The van der Waals surface area contributed by atoms with Crippen molar-refractivity contribution in [1.29, 1.82) is 0 Å². The van der Waals surface area contributed by atoms with E-state index in [-0.39, 0.29) is 11.9 Å². The van der Waals surface area contributed by atoms with Crippen LogP contribution in [0.25, 0.3) is 0 Å². The van der Waals surface area contributed by atoms with Gasteiger partial charge >= 0.3 is 0 Å². The summed E-state index contributed by atoms with van der Waals surface area (Å²) in [6.45, 7) is 1.53. The van der Waals surface area contributed by atoms with Crippen LogP contribution in [-0.4, -0.2) is 11.6 Å². The van der Waals surface area contributed by atoms with Crippen LogP contribution in [0.5, 0.6) is 0 Å². The Morgan fingerprint density at radius 1 is 0.848 bits per heavy atom. The number of para-hydroxylation sites is 1. The summed E-state index contributed by atoms with van der Waals surface area (Å²) in [5, 5.41) is 10.1. The van der Waals surface area contributed by atoms with Crippen molar-refractivity contribution in [2.24, 2.45) is 5.10 Å². The van der Waals surface area contributed by atoms with Gasteiger partial charge in [0.2, 0.25) is 5.91 Å². The van der Waals surface area contributed by atoms with Gasteiger partial charge in [-0.1, -0.05) is 73.9 Å². The topological polar surface area (TPSA) is 44.7 Å². The fraction of sp³-hybridized carbons (Fsp3) is 0.310. The Labute approximate surface area is 196 Å². The largest absolute Gasteiger partial charge is 0.326 e. The number of carbonyl (C=O) groups excluding carboxylic acids is 1. The number of rotatable bonds is 5. The number of carbonyl (C=O) groups is 1. The van der Waals surface area contributed by atoms with Crippen molar-refractivity contribution >= 4 is 23.0 Å². The van der Waals surface area contributed by atoms with Crippen molar-refractivity contribution in [3.05, 3.63) is 95.6 Å². The van der Waals surface area contributed by atoms with Crippen LogP contribution < -0.4 is 10.3 Å². The average Bonchev–Trinajstić information content (AvgIpc) is 3.31. The molecule has 1 fully saturated rings. The van der Waals surface area contributed by atoms with Gasteiger partial charge in [-0.2, -0.15) is 5.10 Å². The molecule has 1 unspecified atom stereocenters. The van der Waals surface area contributed by atoms with Gasteiger partial charge in [0.1, 0.15) is 0 Å². The number of benzene rings is 3. The van der Waals surface area contributed by atoms with Crippen LogP contribution in [-0.2, 0) is 4.79 Å². The summed E-state index contributed by atoms with van der Waals surface area (Å²) < 4.78 is 0. The van der Waals surface area contributed by atoms with E-state index in [1.165, 1.54) is 55.7 Å². The molecule has 0 bridgehead atoms. The second-order valence-corrected chi connectivity index (χ2v) is 9.21. The predicted octanol–water partition coefficient (Wildman–Crippen LogP) is 7.05. The highest BCUT2D eigenvalue weighted by Gasteiger charge is 2.30. The van der Waals surface area contributed by atoms with Gasteiger partial charge in [0.15, 0.2) is 0 Å². The number of hydrogen-bond donors (Lipinski definition) is 1. The zero-order valence-corrected chi connectivity index (χ0v) is 19.2. The number of amides is 1. The van der Waals surface area contributed by atoms with E-state index >= 15 is 0 Å². The lowest BCUT2D eigenvalue weighted by atomic mass is 9.83. The van der Waals surface area contributed by atoms with Gasteiger partial charge in [0.05, 0.1) is 17.4 Å². The van der Waals surface area contributed by atoms with Crippen molar-refractivity contribution < 1.29 is 4.79 Å². The fourth-order valence-electron chi connectivity index (χ4n) is 5.14. The van der Waals surface area contributed by atoms with Gasteiger partial charge in [-0.15, -0.1) is 0 Å². The minimum atomic E-state index is -0.0585. The first-order chi connectivity index (χ1) is 16.2. The molecule has 4 nitrogen and oxygen atoms in total. The summed E-state index contributed by atoms with van der Waals surface area (Å²) in [5.41, 5.74) is 6.88. The maximum Gasteiger partial charge on any atom is 0.221 e. The Bertz CT molecular complexity index is 1110. The smallest absolute Gasteiger partial charge is 0.221 e. The van der Waals surface area contributed by atoms with E-state index in [0.29, 0.717) is 5.92 Å². The zero-order valence-electron chi connectivity index (χ0n) is 19.2. The summed E-state index contributed by atoms with van der Waals surface area (Å²) in [6.07, 6.45) is 7.57.